The van der Waals surface area contributed by atoms with E-state index >= 15 is 0 Å². The van der Waals surface area contributed by atoms with Gasteiger partial charge in [-0.2, -0.15) is 5.10 Å². The van der Waals surface area contributed by atoms with Crippen molar-refractivity contribution in [1.82, 2.24) is 20.8 Å². The molecule has 0 aliphatic heterocycles. The normalized spacial score (nSPS) is 11.7. The molecule has 2 aromatic rings. The number of hydrogen-bond acceptors (Lipinski definition) is 3. The monoisotopic (exact) mass is 290 g/mol. The number of carbonyl (C=O) groups excluding carboxylic acids is 2. The molecule has 0 spiro atoms. The zero-order valence-electron chi connectivity index (χ0n) is 11.4. The predicted molar refractivity (Wildman–Crippen MR) is 73.9 cm³/mol. The average molecular weight is 290 g/mol. The molecule has 1 heterocycles. The summed E-state index contributed by atoms with van der Waals surface area (Å²) in [6.45, 7) is 1.62. The second-order valence-electron chi connectivity index (χ2n) is 4.51. The van der Waals surface area contributed by atoms with E-state index in [0.717, 1.165) is 11.6 Å². The molecular formula is C14H15FN4O2. The summed E-state index contributed by atoms with van der Waals surface area (Å²) in [6, 6.07) is 5.05. The molecule has 0 saturated carbocycles. The Morgan fingerprint density at radius 1 is 1.43 bits per heavy atom. The first-order valence-electron chi connectivity index (χ1n) is 6.38. The first-order chi connectivity index (χ1) is 10.1. The van der Waals surface area contributed by atoms with Crippen LogP contribution in [0.15, 0.2) is 36.7 Å². The second kappa shape index (κ2) is 6.65. The number of halogens is 1. The van der Waals surface area contributed by atoms with Crippen molar-refractivity contribution in [3.05, 3.63) is 53.6 Å². The Kier molecular flexibility index (Phi) is 4.65. The van der Waals surface area contributed by atoms with Gasteiger partial charge >= 0.3 is 0 Å². The lowest BCUT2D eigenvalue weighted by atomic mass is 10.2. The van der Waals surface area contributed by atoms with Crippen molar-refractivity contribution < 1.29 is 14.0 Å². The summed E-state index contributed by atoms with van der Waals surface area (Å²) in [4.78, 5) is 23.5. The molecule has 21 heavy (non-hydrogen) atoms. The highest BCUT2D eigenvalue weighted by Crippen LogP contribution is 2.08. The van der Waals surface area contributed by atoms with Crippen molar-refractivity contribution in [2.45, 2.75) is 13.0 Å². The van der Waals surface area contributed by atoms with Gasteiger partial charge in [-0.25, -0.2) is 4.39 Å². The van der Waals surface area contributed by atoms with Gasteiger partial charge in [0.2, 0.25) is 5.91 Å². The van der Waals surface area contributed by atoms with E-state index in [-0.39, 0.29) is 24.1 Å². The van der Waals surface area contributed by atoms with Crippen molar-refractivity contribution in [2.24, 2.45) is 0 Å². The molecule has 110 valence electrons. The predicted octanol–water partition coefficient (Wildman–Crippen LogP) is 1.16. The second-order valence-corrected chi connectivity index (χ2v) is 4.51. The van der Waals surface area contributed by atoms with Crippen molar-refractivity contribution in [3.8, 4) is 0 Å². The van der Waals surface area contributed by atoms with E-state index in [9.17, 15) is 14.0 Å². The van der Waals surface area contributed by atoms with E-state index in [4.69, 9.17) is 0 Å². The Labute approximate surface area is 120 Å². The number of benzene rings is 1. The maximum atomic E-state index is 13.0. The molecule has 1 aromatic heterocycles. The van der Waals surface area contributed by atoms with Crippen molar-refractivity contribution in [1.29, 1.82) is 0 Å². The van der Waals surface area contributed by atoms with Crippen LogP contribution in [0.1, 0.15) is 28.9 Å². The minimum atomic E-state index is -0.499. The summed E-state index contributed by atoms with van der Waals surface area (Å²) in [6.07, 6.45) is 3.28. The Balaban J connectivity index is 1.82. The molecule has 1 aromatic carbocycles. The quantitative estimate of drug-likeness (QED) is 0.772. The third-order valence-electron chi connectivity index (χ3n) is 2.89. The summed E-state index contributed by atoms with van der Waals surface area (Å²) in [5, 5.41) is 11.6. The maximum absolute atomic E-state index is 13.0. The molecule has 0 radical (unpaired) electrons. The molecule has 7 heteroatoms. The number of H-pyrrole nitrogens is 1. The molecule has 1 unspecified atom stereocenters. The Morgan fingerprint density at radius 3 is 2.90 bits per heavy atom. The van der Waals surface area contributed by atoms with Crippen LogP contribution >= 0.6 is 0 Å². The van der Waals surface area contributed by atoms with E-state index in [1.54, 1.807) is 19.3 Å². The third-order valence-corrected chi connectivity index (χ3v) is 2.89. The number of rotatable bonds is 5. The van der Waals surface area contributed by atoms with Gasteiger partial charge in [0.1, 0.15) is 5.82 Å². The number of aromatic amines is 1. The van der Waals surface area contributed by atoms with Crippen LogP contribution in [0.3, 0.4) is 0 Å². The van der Waals surface area contributed by atoms with Gasteiger partial charge in [0.05, 0.1) is 18.8 Å². The average Bonchev–Trinajstić information content (AvgIpc) is 2.99. The lowest BCUT2D eigenvalue weighted by Gasteiger charge is -2.12. The molecule has 2 amide bonds. The van der Waals surface area contributed by atoms with Crippen molar-refractivity contribution in [2.75, 3.05) is 6.54 Å². The molecule has 3 N–H and O–H groups in total. The molecule has 6 nitrogen and oxygen atoms in total. The fraction of sp³-hybridized carbons (Fsp3) is 0.214. The Morgan fingerprint density at radius 2 is 2.24 bits per heavy atom. The van der Waals surface area contributed by atoms with Crippen LogP contribution in [-0.2, 0) is 4.79 Å². The van der Waals surface area contributed by atoms with Crippen LogP contribution in [0.2, 0.25) is 0 Å². The van der Waals surface area contributed by atoms with Gasteiger partial charge in [0, 0.05) is 17.3 Å². The van der Waals surface area contributed by atoms with E-state index in [2.05, 4.69) is 20.8 Å². The van der Waals surface area contributed by atoms with Crippen molar-refractivity contribution >= 4 is 11.8 Å². The van der Waals surface area contributed by atoms with Crippen LogP contribution in [0.25, 0.3) is 0 Å². The molecule has 0 aliphatic rings. The van der Waals surface area contributed by atoms with Gasteiger partial charge in [-0.3, -0.25) is 14.7 Å². The van der Waals surface area contributed by atoms with E-state index in [1.165, 1.54) is 18.2 Å². The Hall–Kier alpha value is -2.70. The van der Waals surface area contributed by atoms with E-state index in [1.807, 2.05) is 0 Å². The van der Waals surface area contributed by atoms with Gasteiger partial charge in [-0.15, -0.1) is 0 Å². The van der Waals surface area contributed by atoms with Gasteiger partial charge in [0.25, 0.3) is 5.91 Å². The number of nitrogens with one attached hydrogen (secondary N) is 3. The van der Waals surface area contributed by atoms with Crippen molar-refractivity contribution in [3.63, 3.8) is 0 Å². The molecule has 1 atom stereocenters. The molecule has 0 saturated heterocycles. The Bertz CT molecular complexity index is 628. The molecule has 0 aliphatic carbocycles. The minimum Gasteiger partial charge on any atom is -0.348 e. The maximum Gasteiger partial charge on any atom is 0.251 e. The van der Waals surface area contributed by atoms with Gasteiger partial charge in [-0.05, 0) is 25.1 Å². The summed E-state index contributed by atoms with van der Waals surface area (Å²) in [5.41, 5.74) is 1.01. The summed E-state index contributed by atoms with van der Waals surface area (Å²) < 4.78 is 13.0. The third kappa shape index (κ3) is 4.13. The van der Waals surface area contributed by atoms with Gasteiger partial charge in [0.15, 0.2) is 0 Å². The first-order valence-corrected chi connectivity index (χ1v) is 6.38. The highest BCUT2D eigenvalue weighted by atomic mass is 19.1. The topological polar surface area (TPSA) is 86.9 Å². The van der Waals surface area contributed by atoms with Gasteiger partial charge < -0.3 is 10.6 Å². The zero-order chi connectivity index (χ0) is 15.2. The summed E-state index contributed by atoms with van der Waals surface area (Å²) in [5.74, 6) is -1.34. The molecule has 2 rings (SSSR count). The zero-order valence-corrected chi connectivity index (χ0v) is 11.4. The molecule has 0 fully saturated rings. The number of nitrogens with zero attached hydrogens (tertiary/aromatic N) is 1. The van der Waals surface area contributed by atoms with Crippen LogP contribution < -0.4 is 10.6 Å². The fourth-order valence-electron chi connectivity index (χ4n) is 1.77. The van der Waals surface area contributed by atoms with Crippen LogP contribution in [0, 0.1) is 5.82 Å². The lowest BCUT2D eigenvalue weighted by molar-refractivity contribution is -0.120. The SMILES string of the molecule is CC(NC(=O)CNC(=O)c1cccc(F)c1)c1cn[nH]c1. The van der Waals surface area contributed by atoms with Crippen LogP contribution in [-0.4, -0.2) is 28.6 Å². The van der Waals surface area contributed by atoms with Gasteiger partial charge in [-0.1, -0.05) is 6.07 Å². The van der Waals surface area contributed by atoms with Crippen LogP contribution in [0.4, 0.5) is 4.39 Å². The summed E-state index contributed by atoms with van der Waals surface area (Å²) in [7, 11) is 0. The largest absolute Gasteiger partial charge is 0.348 e. The molecular weight excluding hydrogens is 275 g/mol. The number of amides is 2. The highest BCUT2D eigenvalue weighted by Gasteiger charge is 2.12. The summed E-state index contributed by atoms with van der Waals surface area (Å²) >= 11 is 0. The number of carbonyl (C=O) groups is 2. The number of hydrogen-bond donors (Lipinski definition) is 3. The smallest absolute Gasteiger partial charge is 0.251 e. The minimum absolute atomic E-state index is 0.172. The first kappa shape index (κ1) is 14.7. The van der Waals surface area contributed by atoms with E-state index in [0.29, 0.717) is 0 Å². The highest BCUT2D eigenvalue weighted by molar-refractivity contribution is 5.96. The molecule has 0 bridgehead atoms. The standard InChI is InChI=1S/C14H15FN4O2/c1-9(11-6-17-18-7-11)19-13(20)8-16-14(21)10-3-2-4-12(15)5-10/h2-7,9H,8H2,1H3,(H,16,21)(H,17,18)(H,19,20). The lowest BCUT2D eigenvalue weighted by Crippen LogP contribution is -2.38. The fourth-order valence-corrected chi connectivity index (χ4v) is 1.77. The van der Waals surface area contributed by atoms with Crippen LogP contribution in [0.5, 0.6) is 0 Å². The van der Waals surface area contributed by atoms with E-state index < -0.39 is 11.7 Å². The number of aromatic nitrogens is 2.